The van der Waals surface area contributed by atoms with Gasteiger partial charge < -0.3 is 10.3 Å². The molecule has 5 nitrogen and oxygen atoms in total. The Morgan fingerprint density at radius 3 is 2.70 bits per heavy atom. The van der Waals surface area contributed by atoms with Crippen LogP contribution in [0.15, 0.2) is 22.3 Å². The third-order valence-electron chi connectivity index (χ3n) is 3.76. The second kappa shape index (κ2) is 4.48. The monoisotopic (exact) mass is 287 g/mol. The number of anilines is 1. The van der Waals surface area contributed by atoms with Crippen LogP contribution in [0.1, 0.15) is 49.2 Å². The van der Waals surface area contributed by atoms with Crippen LogP contribution in [-0.2, 0) is 0 Å². The van der Waals surface area contributed by atoms with Gasteiger partial charge in [0.05, 0.1) is 5.69 Å². The Kier molecular flexibility index (Phi) is 2.73. The molecule has 2 fully saturated rings. The van der Waals surface area contributed by atoms with Crippen molar-refractivity contribution in [1.29, 1.82) is 0 Å². The zero-order valence-electron chi connectivity index (χ0n) is 11.4. The average molecular weight is 287 g/mol. The Labute approximate surface area is 122 Å². The van der Waals surface area contributed by atoms with E-state index in [9.17, 15) is 0 Å². The summed E-state index contributed by atoms with van der Waals surface area (Å²) in [4.78, 5) is 4.52. The molecule has 20 heavy (non-hydrogen) atoms. The molecule has 0 spiro atoms. The molecule has 6 heteroatoms. The van der Waals surface area contributed by atoms with E-state index in [4.69, 9.17) is 5.73 Å². The number of pyridine rings is 1. The van der Waals surface area contributed by atoms with Gasteiger partial charge in [0, 0.05) is 17.7 Å². The first-order valence-electron chi connectivity index (χ1n) is 7.08. The molecule has 0 aliphatic heterocycles. The maximum atomic E-state index is 6.02. The molecular formula is C14H17N5S. The first-order valence-corrected chi connectivity index (χ1v) is 7.90. The summed E-state index contributed by atoms with van der Waals surface area (Å²) < 4.78 is 2.33. The number of nitrogen functional groups attached to an aromatic ring is 1. The predicted molar refractivity (Wildman–Crippen MR) is 77.8 cm³/mol. The summed E-state index contributed by atoms with van der Waals surface area (Å²) in [6, 6.07) is 4.43. The van der Waals surface area contributed by atoms with Crippen LogP contribution in [0.4, 0.5) is 5.69 Å². The SMILES string of the molecule is Cc1ccc(N)c(Sc2nnc(C3CC3)n2C2CC2)n1. The first kappa shape index (κ1) is 12.2. The van der Waals surface area contributed by atoms with Crippen LogP contribution in [0.5, 0.6) is 0 Å². The number of aryl methyl sites for hydroxylation is 1. The normalized spacial score (nSPS) is 18.4. The molecule has 0 saturated heterocycles. The van der Waals surface area contributed by atoms with Gasteiger partial charge in [-0.25, -0.2) is 4.98 Å². The van der Waals surface area contributed by atoms with Crippen molar-refractivity contribution < 1.29 is 0 Å². The molecule has 0 radical (unpaired) electrons. The number of nitrogens with two attached hydrogens (primary N) is 1. The molecule has 0 atom stereocenters. The minimum absolute atomic E-state index is 0.592. The molecule has 2 aliphatic carbocycles. The Morgan fingerprint density at radius 1 is 1.20 bits per heavy atom. The van der Waals surface area contributed by atoms with Crippen molar-refractivity contribution in [1.82, 2.24) is 19.7 Å². The molecule has 104 valence electrons. The fourth-order valence-corrected chi connectivity index (χ4v) is 3.34. The topological polar surface area (TPSA) is 69.6 Å². The molecule has 2 saturated carbocycles. The van der Waals surface area contributed by atoms with Crippen molar-refractivity contribution >= 4 is 17.4 Å². The zero-order chi connectivity index (χ0) is 13.7. The van der Waals surface area contributed by atoms with E-state index in [1.165, 1.54) is 31.5 Å². The third kappa shape index (κ3) is 2.18. The molecule has 0 aromatic carbocycles. The van der Waals surface area contributed by atoms with Gasteiger partial charge in [-0.15, -0.1) is 10.2 Å². The van der Waals surface area contributed by atoms with E-state index in [1.807, 2.05) is 19.1 Å². The summed E-state index contributed by atoms with van der Waals surface area (Å²) in [5.41, 5.74) is 7.70. The molecule has 2 aromatic rings. The van der Waals surface area contributed by atoms with E-state index in [-0.39, 0.29) is 0 Å². The Hall–Kier alpha value is -1.56. The number of hydrogen-bond donors (Lipinski definition) is 1. The minimum Gasteiger partial charge on any atom is -0.397 e. The summed E-state index contributed by atoms with van der Waals surface area (Å²) in [5.74, 6) is 1.79. The highest BCUT2D eigenvalue weighted by molar-refractivity contribution is 7.99. The van der Waals surface area contributed by atoms with Crippen molar-refractivity contribution in [2.75, 3.05) is 5.73 Å². The van der Waals surface area contributed by atoms with E-state index < -0.39 is 0 Å². The maximum absolute atomic E-state index is 6.02. The van der Waals surface area contributed by atoms with Gasteiger partial charge in [-0.2, -0.15) is 0 Å². The third-order valence-corrected chi connectivity index (χ3v) is 4.74. The van der Waals surface area contributed by atoms with E-state index in [0.717, 1.165) is 15.9 Å². The number of nitrogens with zero attached hydrogens (tertiary/aromatic N) is 4. The lowest BCUT2D eigenvalue weighted by Gasteiger charge is -2.09. The summed E-state index contributed by atoms with van der Waals surface area (Å²) in [7, 11) is 0. The van der Waals surface area contributed by atoms with Gasteiger partial charge in [-0.1, -0.05) is 0 Å². The van der Waals surface area contributed by atoms with Crippen LogP contribution in [0.3, 0.4) is 0 Å². The molecular weight excluding hydrogens is 270 g/mol. The van der Waals surface area contributed by atoms with Crippen LogP contribution in [0, 0.1) is 6.92 Å². The molecule has 2 heterocycles. The van der Waals surface area contributed by atoms with E-state index >= 15 is 0 Å². The molecule has 0 amide bonds. The minimum atomic E-state index is 0.592. The van der Waals surface area contributed by atoms with Gasteiger partial charge in [0.1, 0.15) is 10.9 Å². The molecule has 2 aromatic heterocycles. The summed E-state index contributed by atoms with van der Waals surface area (Å²) in [5, 5.41) is 10.6. The van der Waals surface area contributed by atoms with Crippen LogP contribution in [0.25, 0.3) is 0 Å². The largest absolute Gasteiger partial charge is 0.397 e. The van der Waals surface area contributed by atoms with Gasteiger partial charge in [0.2, 0.25) is 0 Å². The van der Waals surface area contributed by atoms with Crippen LogP contribution in [0.2, 0.25) is 0 Å². The highest BCUT2D eigenvalue weighted by atomic mass is 32.2. The van der Waals surface area contributed by atoms with Crippen LogP contribution < -0.4 is 5.73 Å². The molecule has 4 rings (SSSR count). The highest BCUT2D eigenvalue weighted by Gasteiger charge is 2.36. The molecule has 0 bridgehead atoms. The lowest BCUT2D eigenvalue weighted by molar-refractivity contribution is 0.626. The van der Waals surface area contributed by atoms with Gasteiger partial charge in [-0.05, 0) is 56.5 Å². The predicted octanol–water partition coefficient (Wildman–Crippen LogP) is 2.93. The smallest absolute Gasteiger partial charge is 0.197 e. The van der Waals surface area contributed by atoms with Gasteiger partial charge in [0.15, 0.2) is 5.16 Å². The fraction of sp³-hybridized carbons (Fsp3) is 0.500. The number of aromatic nitrogens is 4. The average Bonchev–Trinajstić information content (AvgIpc) is 3.33. The summed E-state index contributed by atoms with van der Waals surface area (Å²) >= 11 is 1.54. The van der Waals surface area contributed by atoms with Gasteiger partial charge in [-0.3, -0.25) is 0 Å². The van der Waals surface area contributed by atoms with E-state index in [2.05, 4.69) is 19.7 Å². The highest BCUT2D eigenvalue weighted by Crippen LogP contribution is 2.46. The van der Waals surface area contributed by atoms with E-state index in [0.29, 0.717) is 17.6 Å². The molecule has 0 unspecified atom stereocenters. The van der Waals surface area contributed by atoms with Crippen molar-refractivity contribution in [3.8, 4) is 0 Å². The van der Waals surface area contributed by atoms with Crippen molar-refractivity contribution in [3.63, 3.8) is 0 Å². The quantitative estimate of drug-likeness (QED) is 0.936. The summed E-state index contributed by atoms with van der Waals surface area (Å²) in [6.07, 6.45) is 4.98. The Balaban J connectivity index is 1.70. The van der Waals surface area contributed by atoms with Gasteiger partial charge >= 0.3 is 0 Å². The maximum Gasteiger partial charge on any atom is 0.197 e. The van der Waals surface area contributed by atoms with Crippen molar-refractivity contribution in [3.05, 3.63) is 23.7 Å². The number of hydrogen-bond acceptors (Lipinski definition) is 5. The first-order chi connectivity index (χ1) is 9.72. The van der Waals surface area contributed by atoms with E-state index in [1.54, 1.807) is 11.8 Å². The summed E-state index contributed by atoms with van der Waals surface area (Å²) in [6.45, 7) is 1.98. The second-order valence-corrected chi connectivity index (χ2v) is 6.62. The second-order valence-electron chi connectivity index (χ2n) is 5.67. The number of rotatable bonds is 4. The lowest BCUT2D eigenvalue weighted by atomic mass is 10.3. The Bertz CT molecular complexity index is 658. The zero-order valence-corrected chi connectivity index (χ0v) is 12.2. The van der Waals surface area contributed by atoms with Crippen molar-refractivity contribution in [2.24, 2.45) is 0 Å². The Morgan fingerprint density at radius 2 is 2.00 bits per heavy atom. The van der Waals surface area contributed by atoms with Crippen LogP contribution in [-0.4, -0.2) is 19.7 Å². The van der Waals surface area contributed by atoms with Crippen LogP contribution >= 0.6 is 11.8 Å². The molecule has 2 N–H and O–H groups in total. The standard InChI is InChI=1S/C14H17N5S/c1-8-2-7-11(15)13(16-8)20-14-18-17-12(9-3-4-9)19(14)10-5-6-10/h2,7,9-10H,3-6,15H2,1H3. The lowest BCUT2D eigenvalue weighted by Crippen LogP contribution is -2.02. The molecule has 2 aliphatic rings. The van der Waals surface area contributed by atoms with Crippen molar-refractivity contribution in [2.45, 2.75) is 54.7 Å². The fourth-order valence-electron chi connectivity index (χ4n) is 2.37. The van der Waals surface area contributed by atoms with Gasteiger partial charge in [0.25, 0.3) is 0 Å².